The van der Waals surface area contributed by atoms with Crippen molar-refractivity contribution in [2.75, 3.05) is 18.5 Å². The number of hydrogen-bond donors (Lipinski definition) is 0. The van der Waals surface area contributed by atoms with Crippen molar-refractivity contribution in [1.29, 1.82) is 0 Å². The molecule has 1 aromatic carbocycles. The van der Waals surface area contributed by atoms with Crippen LogP contribution in [0.5, 0.6) is 0 Å². The van der Waals surface area contributed by atoms with Crippen LogP contribution in [0.15, 0.2) is 30.3 Å². The van der Waals surface area contributed by atoms with Crippen LogP contribution in [0.4, 0.5) is 5.69 Å². The summed E-state index contributed by atoms with van der Waals surface area (Å²) in [5.74, 6) is 0. The van der Waals surface area contributed by atoms with E-state index < -0.39 is 0 Å². The van der Waals surface area contributed by atoms with Crippen molar-refractivity contribution in [3.63, 3.8) is 0 Å². The molecule has 0 atom stereocenters. The van der Waals surface area contributed by atoms with Crippen LogP contribution in [0.25, 0.3) is 0 Å². The quantitative estimate of drug-likeness (QED) is 0.453. The van der Waals surface area contributed by atoms with E-state index in [-0.39, 0.29) is 35.5 Å². The summed E-state index contributed by atoms with van der Waals surface area (Å²) < 4.78 is 0. The van der Waals surface area contributed by atoms with E-state index in [1.54, 1.807) is 0 Å². The van der Waals surface area contributed by atoms with Gasteiger partial charge in [0.2, 0.25) is 0 Å². The molecule has 68 valence electrons. The molecule has 0 aliphatic heterocycles. The van der Waals surface area contributed by atoms with E-state index in [2.05, 4.69) is 43.1 Å². The summed E-state index contributed by atoms with van der Waals surface area (Å²) in [6.07, 6.45) is 0.950. The maximum absolute atomic E-state index is 3.81. The van der Waals surface area contributed by atoms with Gasteiger partial charge in [-0.05, 0) is 18.7 Å². The Morgan fingerprint density at radius 1 is 1.23 bits per heavy atom. The van der Waals surface area contributed by atoms with Gasteiger partial charge in [0.25, 0.3) is 0 Å². The van der Waals surface area contributed by atoms with Gasteiger partial charge < -0.3 is 24.2 Å². The van der Waals surface area contributed by atoms with E-state index in [1.807, 2.05) is 6.07 Å². The number of para-hydroxylation sites is 1. The number of rotatable bonds is 3. The molecule has 1 nitrogen and oxygen atoms in total. The first-order valence-electron chi connectivity index (χ1n) is 3.90. The SMILES string of the molecule is [CH2-]CCN(C)c1ccccc1.[Cl-].[Mg+2]. The van der Waals surface area contributed by atoms with E-state index in [0.29, 0.717) is 0 Å². The second-order valence-electron chi connectivity index (χ2n) is 2.61. The zero-order valence-corrected chi connectivity index (χ0v) is 10.2. The molecule has 0 heterocycles. The minimum absolute atomic E-state index is 0. The van der Waals surface area contributed by atoms with Crippen LogP contribution in [0.1, 0.15) is 6.42 Å². The molecule has 0 saturated carbocycles. The second kappa shape index (κ2) is 8.66. The summed E-state index contributed by atoms with van der Waals surface area (Å²) in [5.41, 5.74) is 1.26. The van der Waals surface area contributed by atoms with E-state index in [9.17, 15) is 0 Å². The second-order valence-corrected chi connectivity index (χ2v) is 2.61. The third kappa shape index (κ3) is 5.39. The van der Waals surface area contributed by atoms with Gasteiger partial charge in [-0.3, -0.25) is 0 Å². The van der Waals surface area contributed by atoms with Gasteiger partial charge in [0.05, 0.1) is 0 Å². The van der Waals surface area contributed by atoms with E-state index >= 15 is 0 Å². The van der Waals surface area contributed by atoms with Crippen LogP contribution in [-0.2, 0) is 0 Å². The van der Waals surface area contributed by atoms with Gasteiger partial charge in [-0.2, -0.15) is 6.42 Å². The molecule has 0 saturated heterocycles. The van der Waals surface area contributed by atoms with Crippen molar-refractivity contribution in [1.82, 2.24) is 0 Å². The monoisotopic (exact) mass is 207 g/mol. The Kier molecular flexibility index (Phi) is 10.4. The molecule has 0 radical (unpaired) electrons. The van der Waals surface area contributed by atoms with Gasteiger partial charge in [0, 0.05) is 12.7 Å². The number of hydrogen-bond acceptors (Lipinski definition) is 1. The van der Waals surface area contributed by atoms with Crippen molar-refractivity contribution in [3.05, 3.63) is 37.3 Å². The van der Waals surface area contributed by atoms with Gasteiger partial charge in [0.1, 0.15) is 0 Å². The predicted molar refractivity (Wildman–Crippen MR) is 55.4 cm³/mol. The first-order valence-corrected chi connectivity index (χ1v) is 3.90. The zero-order chi connectivity index (χ0) is 8.10. The van der Waals surface area contributed by atoms with Crippen LogP contribution in [-0.4, -0.2) is 36.6 Å². The minimum Gasteiger partial charge on any atom is -1.00 e. The average molecular weight is 208 g/mol. The summed E-state index contributed by atoms with van der Waals surface area (Å²) >= 11 is 0. The molecule has 0 aliphatic rings. The molecule has 1 aromatic rings. The van der Waals surface area contributed by atoms with Crippen molar-refractivity contribution in [2.24, 2.45) is 0 Å². The molecule has 0 fully saturated rings. The van der Waals surface area contributed by atoms with E-state index in [4.69, 9.17) is 0 Å². The minimum atomic E-state index is 0. The fraction of sp³-hybridized carbons (Fsp3) is 0.300. The predicted octanol–water partition coefficient (Wildman–Crippen LogP) is -1.03. The third-order valence-corrected chi connectivity index (χ3v) is 1.69. The molecule has 0 amide bonds. The van der Waals surface area contributed by atoms with Crippen LogP contribution in [0.3, 0.4) is 0 Å². The van der Waals surface area contributed by atoms with Crippen LogP contribution in [0, 0.1) is 6.92 Å². The fourth-order valence-corrected chi connectivity index (χ4v) is 1.05. The fourth-order valence-electron chi connectivity index (χ4n) is 1.05. The Hall–Kier alpha value is 0.0762. The molecule has 1 rings (SSSR count). The van der Waals surface area contributed by atoms with Gasteiger partial charge in [-0.25, -0.2) is 0 Å². The van der Waals surface area contributed by atoms with Gasteiger partial charge in [0.15, 0.2) is 0 Å². The molecular formula is C10H14ClMgN. The Morgan fingerprint density at radius 3 is 2.23 bits per heavy atom. The number of nitrogens with zero attached hydrogens (tertiary/aromatic N) is 1. The molecule has 13 heavy (non-hydrogen) atoms. The van der Waals surface area contributed by atoms with Gasteiger partial charge >= 0.3 is 23.1 Å². The van der Waals surface area contributed by atoms with Crippen molar-refractivity contribution < 1.29 is 12.4 Å². The summed E-state index contributed by atoms with van der Waals surface area (Å²) in [4.78, 5) is 2.20. The maximum atomic E-state index is 3.81. The Labute approximate surface area is 103 Å². The molecule has 0 N–H and O–H groups in total. The molecule has 0 aliphatic carbocycles. The largest absolute Gasteiger partial charge is 2.00 e. The van der Waals surface area contributed by atoms with E-state index in [1.165, 1.54) is 5.69 Å². The van der Waals surface area contributed by atoms with Crippen LogP contribution < -0.4 is 17.3 Å². The van der Waals surface area contributed by atoms with Gasteiger partial charge in [-0.15, -0.1) is 0 Å². The summed E-state index contributed by atoms with van der Waals surface area (Å²) in [7, 11) is 2.08. The number of anilines is 1. The molecule has 0 unspecified atom stereocenters. The molecular weight excluding hydrogens is 194 g/mol. The molecule has 0 spiro atoms. The summed E-state index contributed by atoms with van der Waals surface area (Å²) in [5, 5.41) is 0. The third-order valence-electron chi connectivity index (χ3n) is 1.69. The zero-order valence-electron chi connectivity index (χ0n) is 8.04. The van der Waals surface area contributed by atoms with Crippen molar-refractivity contribution in [3.8, 4) is 0 Å². The molecule has 3 heteroatoms. The normalized spacial score (nSPS) is 8.15. The topological polar surface area (TPSA) is 3.24 Å². The van der Waals surface area contributed by atoms with Crippen molar-refractivity contribution in [2.45, 2.75) is 6.42 Å². The first-order chi connectivity index (χ1) is 5.34. The molecule has 0 aromatic heterocycles. The Bertz CT molecular complexity index is 203. The number of halogens is 1. The smallest absolute Gasteiger partial charge is 1.00 e. The Morgan fingerprint density at radius 2 is 1.77 bits per heavy atom. The summed E-state index contributed by atoms with van der Waals surface area (Å²) in [6.45, 7) is 4.83. The molecule has 0 bridgehead atoms. The first kappa shape index (κ1) is 15.5. The average Bonchev–Trinajstić information content (AvgIpc) is 2.07. The maximum Gasteiger partial charge on any atom is 2.00 e. The van der Waals surface area contributed by atoms with E-state index in [0.717, 1.165) is 13.0 Å². The summed E-state index contributed by atoms with van der Waals surface area (Å²) in [6, 6.07) is 10.3. The van der Waals surface area contributed by atoms with Crippen molar-refractivity contribution >= 4 is 28.7 Å². The standard InChI is InChI=1S/C10H14N.ClH.Mg/c1-3-9-11(2)10-7-5-4-6-8-10;;/h4-8H,1,3,9H2,2H3;1H;/q-1;;+2/p-1. The Balaban J connectivity index is 0. The van der Waals surface area contributed by atoms with Crippen LogP contribution in [0.2, 0.25) is 0 Å². The number of benzene rings is 1. The van der Waals surface area contributed by atoms with Gasteiger partial charge in [-0.1, -0.05) is 18.2 Å². The van der Waals surface area contributed by atoms with Crippen LogP contribution >= 0.6 is 0 Å².